The maximum absolute atomic E-state index is 5.74. The Morgan fingerprint density at radius 3 is 2.29 bits per heavy atom. The van der Waals surface area contributed by atoms with Crippen molar-refractivity contribution < 1.29 is 0 Å². The number of hydrogen-bond acceptors (Lipinski definition) is 4. The van der Waals surface area contributed by atoms with Crippen LogP contribution in [0.15, 0.2) is 42.5 Å². The molecule has 0 spiro atoms. The highest BCUT2D eigenvalue weighted by atomic mass is 15.1. The molecule has 4 heteroatoms. The third kappa shape index (κ3) is 5.78. The van der Waals surface area contributed by atoms with Crippen molar-refractivity contribution in [3.8, 4) is 0 Å². The molecule has 24 heavy (non-hydrogen) atoms. The van der Waals surface area contributed by atoms with Crippen LogP contribution >= 0.6 is 0 Å². The maximum atomic E-state index is 5.74. The minimum atomic E-state index is 0.738. The number of unbranched alkanes of at least 4 members (excludes halogenated alkanes) is 1. The quantitative estimate of drug-likeness (QED) is 0.524. The lowest BCUT2D eigenvalue weighted by Crippen LogP contribution is -2.28. The maximum Gasteiger partial charge on any atom is 0.0445 e. The molecule has 0 atom stereocenters. The van der Waals surface area contributed by atoms with Gasteiger partial charge < -0.3 is 21.7 Å². The van der Waals surface area contributed by atoms with Gasteiger partial charge in [0.05, 0.1) is 0 Å². The molecule has 0 aliphatic rings. The van der Waals surface area contributed by atoms with Gasteiger partial charge in [0.15, 0.2) is 0 Å². The van der Waals surface area contributed by atoms with Crippen molar-refractivity contribution in [1.29, 1.82) is 0 Å². The molecule has 0 radical (unpaired) electrons. The lowest BCUT2D eigenvalue weighted by molar-refractivity contribution is 0.597. The molecule has 0 aliphatic heterocycles. The molecule has 4 nitrogen and oxygen atoms in total. The van der Waals surface area contributed by atoms with E-state index in [0.717, 1.165) is 52.1 Å². The zero-order valence-corrected chi connectivity index (χ0v) is 14.7. The van der Waals surface area contributed by atoms with Gasteiger partial charge in [0.25, 0.3) is 0 Å². The van der Waals surface area contributed by atoms with Gasteiger partial charge >= 0.3 is 0 Å². The van der Waals surface area contributed by atoms with Gasteiger partial charge in [-0.25, -0.2) is 0 Å². The van der Waals surface area contributed by atoms with E-state index in [1.807, 2.05) is 0 Å². The van der Waals surface area contributed by atoms with Crippen LogP contribution in [0, 0.1) is 0 Å². The molecule has 0 bridgehead atoms. The molecule has 5 N–H and O–H groups in total. The Morgan fingerprint density at radius 1 is 0.750 bits per heavy atom. The first-order chi connectivity index (χ1) is 11.9. The largest absolute Gasteiger partial charge is 0.371 e. The van der Waals surface area contributed by atoms with Crippen molar-refractivity contribution in [2.45, 2.75) is 25.7 Å². The molecule has 0 unspecified atom stereocenters. The van der Waals surface area contributed by atoms with Gasteiger partial charge in [-0.3, -0.25) is 0 Å². The summed E-state index contributed by atoms with van der Waals surface area (Å²) >= 11 is 0. The van der Waals surface area contributed by atoms with E-state index in [9.17, 15) is 0 Å². The fraction of sp³-hybridized carbons (Fsp3) is 0.500. The molecule has 0 saturated carbocycles. The summed E-state index contributed by atoms with van der Waals surface area (Å²) in [4.78, 5) is 2.50. The lowest BCUT2D eigenvalue weighted by atomic mass is 10.1. The standard InChI is InChI=1S/C20H32N4/c21-12-6-15-23-14-3-4-16-24(17-7-13-22)20-11-5-9-18-8-1-2-10-19(18)20/h1-2,5,8-11,23H,3-4,6-7,12-17,21-22H2. The molecule has 2 aromatic carbocycles. The summed E-state index contributed by atoms with van der Waals surface area (Å²) in [5, 5.41) is 6.09. The van der Waals surface area contributed by atoms with Crippen LogP contribution in [0.2, 0.25) is 0 Å². The third-order valence-electron chi connectivity index (χ3n) is 4.33. The average Bonchev–Trinajstić information content (AvgIpc) is 2.63. The van der Waals surface area contributed by atoms with E-state index in [-0.39, 0.29) is 0 Å². The number of hydrogen-bond donors (Lipinski definition) is 3. The number of fused-ring (bicyclic) bond motifs is 1. The summed E-state index contributed by atoms with van der Waals surface area (Å²) in [6.45, 7) is 5.69. The minimum Gasteiger partial charge on any atom is -0.371 e. The van der Waals surface area contributed by atoms with E-state index in [0.29, 0.717) is 0 Å². The minimum absolute atomic E-state index is 0.738. The molecule has 0 aromatic heterocycles. The Bertz CT molecular complexity index is 579. The van der Waals surface area contributed by atoms with Crippen LogP contribution in [0.4, 0.5) is 5.69 Å². The average molecular weight is 329 g/mol. The summed E-state index contributed by atoms with van der Waals surface area (Å²) in [7, 11) is 0. The van der Waals surface area contributed by atoms with Crippen LogP contribution in [0.3, 0.4) is 0 Å². The lowest BCUT2D eigenvalue weighted by Gasteiger charge is -2.26. The summed E-state index contributed by atoms with van der Waals surface area (Å²) in [6, 6.07) is 15.2. The van der Waals surface area contributed by atoms with Crippen LogP contribution < -0.4 is 21.7 Å². The predicted molar refractivity (Wildman–Crippen MR) is 106 cm³/mol. The number of rotatable bonds is 12. The smallest absolute Gasteiger partial charge is 0.0445 e. The zero-order chi connectivity index (χ0) is 17.0. The zero-order valence-electron chi connectivity index (χ0n) is 14.7. The van der Waals surface area contributed by atoms with Crippen molar-refractivity contribution in [2.75, 3.05) is 44.2 Å². The van der Waals surface area contributed by atoms with E-state index in [1.165, 1.54) is 29.3 Å². The van der Waals surface area contributed by atoms with E-state index >= 15 is 0 Å². The number of nitrogens with zero attached hydrogens (tertiary/aromatic N) is 1. The Balaban J connectivity index is 1.94. The molecule has 0 fully saturated rings. The molecule has 0 saturated heterocycles. The normalized spacial score (nSPS) is 11.1. The van der Waals surface area contributed by atoms with Crippen LogP contribution in [-0.2, 0) is 0 Å². The second-order valence-electron chi connectivity index (χ2n) is 6.23. The van der Waals surface area contributed by atoms with Crippen molar-refractivity contribution in [3.05, 3.63) is 42.5 Å². The van der Waals surface area contributed by atoms with E-state index in [4.69, 9.17) is 11.5 Å². The second-order valence-corrected chi connectivity index (χ2v) is 6.23. The molecule has 132 valence electrons. The predicted octanol–water partition coefficient (Wildman–Crippen LogP) is 2.71. The first-order valence-corrected chi connectivity index (χ1v) is 9.20. The molecule has 2 rings (SSSR count). The molecule has 2 aromatic rings. The van der Waals surface area contributed by atoms with E-state index in [2.05, 4.69) is 52.7 Å². The van der Waals surface area contributed by atoms with Crippen LogP contribution in [0.5, 0.6) is 0 Å². The highest BCUT2D eigenvalue weighted by molar-refractivity contribution is 5.94. The van der Waals surface area contributed by atoms with Crippen molar-refractivity contribution in [1.82, 2.24) is 5.32 Å². The molecular formula is C20H32N4. The molecule has 0 heterocycles. The van der Waals surface area contributed by atoms with E-state index in [1.54, 1.807) is 0 Å². The van der Waals surface area contributed by atoms with Gasteiger partial charge in [-0.2, -0.15) is 0 Å². The van der Waals surface area contributed by atoms with Gasteiger partial charge in [0.2, 0.25) is 0 Å². The van der Waals surface area contributed by atoms with Gasteiger partial charge in [0.1, 0.15) is 0 Å². The number of nitrogens with one attached hydrogen (secondary N) is 1. The van der Waals surface area contributed by atoms with Crippen LogP contribution in [0.1, 0.15) is 25.7 Å². The van der Waals surface area contributed by atoms with Crippen molar-refractivity contribution >= 4 is 16.5 Å². The SMILES string of the molecule is NCCCNCCCCN(CCCN)c1cccc2ccccc12. The highest BCUT2D eigenvalue weighted by Gasteiger charge is 2.09. The van der Waals surface area contributed by atoms with E-state index < -0.39 is 0 Å². The van der Waals surface area contributed by atoms with Gasteiger partial charge in [-0.1, -0.05) is 36.4 Å². The summed E-state index contributed by atoms with van der Waals surface area (Å²) < 4.78 is 0. The molecule has 0 aliphatic carbocycles. The third-order valence-corrected chi connectivity index (χ3v) is 4.33. The first-order valence-electron chi connectivity index (χ1n) is 9.20. The van der Waals surface area contributed by atoms with Gasteiger partial charge in [-0.15, -0.1) is 0 Å². The monoisotopic (exact) mass is 328 g/mol. The number of benzene rings is 2. The second kappa shape index (κ2) is 11.0. The number of nitrogens with two attached hydrogens (primary N) is 2. The Morgan fingerprint density at radius 2 is 1.46 bits per heavy atom. The van der Waals surface area contributed by atoms with Crippen LogP contribution in [0.25, 0.3) is 10.8 Å². The summed E-state index contributed by atoms with van der Waals surface area (Å²) in [6.07, 6.45) is 4.45. The first kappa shape index (κ1) is 18.7. The fourth-order valence-corrected chi connectivity index (χ4v) is 3.02. The van der Waals surface area contributed by atoms with Gasteiger partial charge in [0, 0.05) is 24.2 Å². The van der Waals surface area contributed by atoms with Crippen molar-refractivity contribution in [3.63, 3.8) is 0 Å². The van der Waals surface area contributed by atoms with Crippen LogP contribution in [-0.4, -0.2) is 39.3 Å². The molecular weight excluding hydrogens is 296 g/mol. The van der Waals surface area contributed by atoms with Gasteiger partial charge in [-0.05, 0) is 63.3 Å². The van der Waals surface area contributed by atoms with Crippen molar-refractivity contribution in [2.24, 2.45) is 11.5 Å². The number of anilines is 1. The Labute approximate surface area is 146 Å². The summed E-state index contributed by atoms with van der Waals surface area (Å²) in [5.41, 5.74) is 12.6. The summed E-state index contributed by atoms with van der Waals surface area (Å²) in [5.74, 6) is 0. The molecule has 0 amide bonds. The Kier molecular flexibility index (Phi) is 8.60. The Hall–Kier alpha value is -1.62. The fourth-order valence-electron chi connectivity index (χ4n) is 3.02. The topological polar surface area (TPSA) is 67.3 Å². The highest BCUT2D eigenvalue weighted by Crippen LogP contribution is 2.27.